The number of rotatable bonds is 7. The van der Waals surface area contributed by atoms with E-state index in [9.17, 15) is 0 Å². The molecule has 0 spiro atoms. The molecule has 0 amide bonds. The lowest BCUT2D eigenvalue weighted by Crippen LogP contribution is -2.39. The normalized spacial score (nSPS) is 12.0. The molecule has 2 N–H and O–H groups in total. The maximum absolute atomic E-state index is 5.60. The molecule has 1 heterocycles. The second kappa shape index (κ2) is 11.7. The van der Waals surface area contributed by atoms with Crippen LogP contribution >= 0.6 is 24.0 Å². The van der Waals surface area contributed by atoms with Crippen molar-refractivity contribution in [1.29, 1.82) is 0 Å². The van der Waals surface area contributed by atoms with Gasteiger partial charge in [0, 0.05) is 12.7 Å². The van der Waals surface area contributed by atoms with E-state index < -0.39 is 0 Å². The van der Waals surface area contributed by atoms with Gasteiger partial charge < -0.3 is 15.4 Å². The monoisotopic (exact) mass is 440 g/mol. The summed E-state index contributed by atoms with van der Waals surface area (Å²) >= 11 is 0. The smallest absolute Gasteiger partial charge is 0.191 e. The number of guanidine groups is 1. The number of halogens is 1. The maximum atomic E-state index is 5.60. The summed E-state index contributed by atoms with van der Waals surface area (Å²) in [5.74, 6) is 1.55. The number of aromatic nitrogens is 1. The summed E-state index contributed by atoms with van der Waals surface area (Å²) in [6.45, 7) is 6.08. The van der Waals surface area contributed by atoms with E-state index >= 15 is 0 Å². The molecule has 0 aliphatic rings. The van der Waals surface area contributed by atoms with Crippen molar-refractivity contribution in [3.63, 3.8) is 0 Å². The number of aliphatic imine (C=N–C) groups is 1. The van der Waals surface area contributed by atoms with Crippen molar-refractivity contribution in [1.82, 2.24) is 15.6 Å². The van der Waals surface area contributed by atoms with E-state index in [-0.39, 0.29) is 30.0 Å². The summed E-state index contributed by atoms with van der Waals surface area (Å²) in [5.41, 5.74) is 1.23. The Bertz CT molecular complexity index is 592. The molecule has 0 saturated carbocycles. The fraction of sp³-hybridized carbons (Fsp3) is 0.333. The van der Waals surface area contributed by atoms with Gasteiger partial charge in [-0.1, -0.05) is 30.3 Å². The molecule has 0 radical (unpaired) electrons. The average molecular weight is 440 g/mol. The number of hydrogen-bond donors (Lipinski definition) is 2. The Balaban J connectivity index is 0.00000288. The third-order valence-corrected chi connectivity index (χ3v) is 3.26. The molecule has 1 aromatic heterocycles. The number of pyridine rings is 1. The van der Waals surface area contributed by atoms with Crippen molar-refractivity contribution in [3.05, 3.63) is 60.4 Å². The van der Waals surface area contributed by atoms with Crippen molar-refractivity contribution in [2.24, 2.45) is 4.99 Å². The van der Waals surface area contributed by atoms with E-state index in [2.05, 4.69) is 46.6 Å². The number of benzene rings is 1. The molecule has 0 saturated heterocycles. The molecular weight excluding hydrogens is 415 g/mol. The minimum Gasteiger partial charge on any atom is -0.490 e. The second-order valence-electron chi connectivity index (χ2n) is 5.07. The highest BCUT2D eigenvalue weighted by Gasteiger charge is 2.06. The molecule has 2 rings (SSSR count). The number of nitrogens with one attached hydrogen (secondary N) is 2. The average Bonchev–Trinajstić information content (AvgIpc) is 2.60. The maximum Gasteiger partial charge on any atom is 0.191 e. The highest BCUT2D eigenvalue weighted by Crippen LogP contribution is 2.10. The molecule has 5 nitrogen and oxygen atoms in total. The van der Waals surface area contributed by atoms with Crippen molar-refractivity contribution in [2.75, 3.05) is 19.7 Å². The van der Waals surface area contributed by atoms with Gasteiger partial charge in [-0.2, -0.15) is 0 Å². The van der Waals surface area contributed by atoms with Crippen LogP contribution in [0.1, 0.15) is 25.5 Å². The van der Waals surface area contributed by atoms with Gasteiger partial charge in [-0.05, 0) is 31.5 Å². The molecule has 130 valence electrons. The summed E-state index contributed by atoms with van der Waals surface area (Å²) in [6.07, 6.45) is 3.42. The van der Waals surface area contributed by atoms with Crippen molar-refractivity contribution >= 4 is 29.9 Å². The summed E-state index contributed by atoms with van der Waals surface area (Å²) in [5, 5.41) is 6.66. The third kappa shape index (κ3) is 7.16. The van der Waals surface area contributed by atoms with Gasteiger partial charge in [-0.15, -0.1) is 24.0 Å². The molecule has 0 bridgehead atoms. The Kier molecular flexibility index (Phi) is 9.83. The molecular formula is C18H25IN4O. The summed E-state index contributed by atoms with van der Waals surface area (Å²) < 4.78 is 5.60. The first kappa shape index (κ1) is 20.2. The quantitative estimate of drug-likeness (QED) is 0.300. The van der Waals surface area contributed by atoms with E-state index in [0.717, 1.165) is 18.3 Å². The minimum atomic E-state index is 0. The van der Waals surface area contributed by atoms with Crippen LogP contribution in [0.2, 0.25) is 0 Å². The lowest BCUT2D eigenvalue weighted by Gasteiger charge is -2.18. The fourth-order valence-corrected chi connectivity index (χ4v) is 2.10. The first-order valence-corrected chi connectivity index (χ1v) is 7.92. The Hall–Kier alpha value is -1.83. The fourth-order valence-electron chi connectivity index (χ4n) is 2.10. The van der Waals surface area contributed by atoms with E-state index in [0.29, 0.717) is 13.2 Å². The Morgan fingerprint density at radius 3 is 2.67 bits per heavy atom. The first-order valence-electron chi connectivity index (χ1n) is 7.92. The Morgan fingerprint density at radius 2 is 2.00 bits per heavy atom. The standard InChI is InChI=1S/C18H24N4O.HI/c1-3-20-18(22-15(2)16-8-5-4-6-9-16)21-12-13-23-17-10-7-11-19-14-17;/h4-11,14-15H,3,12-13H2,1-2H3,(H2,20,21,22);1H. The van der Waals surface area contributed by atoms with Gasteiger partial charge in [-0.25, -0.2) is 4.99 Å². The van der Waals surface area contributed by atoms with Crippen molar-refractivity contribution in [2.45, 2.75) is 19.9 Å². The Labute approximate surface area is 161 Å². The SMILES string of the molecule is CCNC(=NCCOc1cccnc1)NC(C)c1ccccc1.I. The zero-order valence-electron chi connectivity index (χ0n) is 14.1. The zero-order valence-corrected chi connectivity index (χ0v) is 16.4. The minimum absolute atomic E-state index is 0. The van der Waals surface area contributed by atoms with Crippen LogP contribution in [0, 0.1) is 0 Å². The van der Waals surface area contributed by atoms with Gasteiger partial charge in [0.1, 0.15) is 12.4 Å². The van der Waals surface area contributed by atoms with E-state index in [1.165, 1.54) is 5.56 Å². The summed E-state index contributed by atoms with van der Waals surface area (Å²) in [7, 11) is 0. The molecule has 1 atom stereocenters. The van der Waals surface area contributed by atoms with E-state index in [4.69, 9.17) is 4.74 Å². The molecule has 24 heavy (non-hydrogen) atoms. The number of ether oxygens (including phenoxy) is 1. The predicted molar refractivity (Wildman–Crippen MR) is 109 cm³/mol. The van der Waals surface area contributed by atoms with Crippen LogP contribution < -0.4 is 15.4 Å². The van der Waals surface area contributed by atoms with Gasteiger partial charge in [0.05, 0.1) is 18.8 Å². The van der Waals surface area contributed by atoms with Crippen LogP contribution in [-0.4, -0.2) is 30.6 Å². The van der Waals surface area contributed by atoms with Gasteiger partial charge in [-0.3, -0.25) is 4.98 Å². The summed E-state index contributed by atoms with van der Waals surface area (Å²) in [6, 6.07) is 14.2. The largest absolute Gasteiger partial charge is 0.490 e. The zero-order chi connectivity index (χ0) is 16.3. The first-order chi connectivity index (χ1) is 11.3. The van der Waals surface area contributed by atoms with Crippen LogP contribution in [0.15, 0.2) is 59.9 Å². The van der Waals surface area contributed by atoms with Crippen LogP contribution in [0.5, 0.6) is 5.75 Å². The summed E-state index contributed by atoms with van der Waals surface area (Å²) in [4.78, 5) is 8.56. The van der Waals surface area contributed by atoms with Crippen LogP contribution in [0.25, 0.3) is 0 Å². The van der Waals surface area contributed by atoms with Gasteiger partial charge in [0.15, 0.2) is 5.96 Å². The molecule has 1 aromatic carbocycles. The van der Waals surface area contributed by atoms with E-state index in [1.54, 1.807) is 12.4 Å². The van der Waals surface area contributed by atoms with Gasteiger partial charge >= 0.3 is 0 Å². The topological polar surface area (TPSA) is 58.5 Å². The molecule has 6 heteroatoms. The highest BCUT2D eigenvalue weighted by molar-refractivity contribution is 14.0. The van der Waals surface area contributed by atoms with Crippen LogP contribution in [-0.2, 0) is 0 Å². The molecule has 0 fully saturated rings. The lowest BCUT2D eigenvalue weighted by atomic mass is 10.1. The van der Waals surface area contributed by atoms with Crippen molar-refractivity contribution in [3.8, 4) is 5.75 Å². The van der Waals surface area contributed by atoms with Crippen LogP contribution in [0.4, 0.5) is 0 Å². The third-order valence-electron chi connectivity index (χ3n) is 3.26. The lowest BCUT2D eigenvalue weighted by molar-refractivity contribution is 0.327. The second-order valence-corrected chi connectivity index (χ2v) is 5.07. The predicted octanol–water partition coefficient (Wildman–Crippen LogP) is 3.39. The number of nitrogens with zero attached hydrogens (tertiary/aromatic N) is 2. The van der Waals surface area contributed by atoms with Gasteiger partial charge in [0.2, 0.25) is 0 Å². The number of hydrogen-bond acceptors (Lipinski definition) is 3. The van der Waals surface area contributed by atoms with Gasteiger partial charge in [0.25, 0.3) is 0 Å². The molecule has 0 aliphatic heterocycles. The highest BCUT2D eigenvalue weighted by atomic mass is 127. The van der Waals surface area contributed by atoms with Crippen molar-refractivity contribution < 1.29 is 4.74 Å². The molecule has 0 aliphatic carbocycles. The van der Waals surface area contributed by atoms with Crippen LogP contribution in [0.3, 0.4) is 0 Å². The Morgan fingerprint density at radius 1 is 1.21 bits per heavy atom. The molecule has 1 unspecified atom stereocenters. The molecule has 2 aromatic rings. The van der Waals surface area contributed by atoms with E-state index in [1.807, 2.05) is 30.3 Å².